The number of nitrogens with one attached hydrogen (secondary N) is 1. The average molecular weight is 271 g/mol. The van der Waals surface area contributed by atoms with Gasteiger partial charge in [-0.2, -0.15) is 0 Å². The molecule has 1 atom stereocenters. The molecule has 0 bridgehead atoms. The van der Waals surface area contributed by atoms with Crippen molar-refractivity contribution in [3.05, 3.63) is 53.6 Å². The Morgan fingerprint density at radius 2 is 2.10 bits per heavy atom. The van der Waals surface area contributed by atoms with E-state index in [1.165, 1.54) is 11.1 Å². The second kappa shape index (κ2) is 6.42. The van der Waals surface area contributed by atoms with Crippen molar-refractivity contribution in [2.45, 2.75) is 26.7 Å². The monoisotopic (exact) mass is 271 g/mol. The molecule has 0 heterocycles. The standard InChI is InChI=1S/C17H21NO2/c1-12(2)15-10-9-13(3)16(15)11-20-17(19)18-14-7-5-4-6-8-14/h4-8,15H,1,9-11H2,2-3H3,(H,18,19)/t15-/m1/s1. The normalized spacial score (nSPS) is 18.0. The summed E-state index contributed by atoms with van der Waals surface area (Å²) in [6.07, 6.45) is 1.74. The highest BCUT2D eigenvalue weighted by Crippen LogP contribution is 2.35. The summed E-state index contributed by atoms with van der Waals surface area (Å²) >= 11 is 0. The van der Waals surface area contributed by atoms with Crippen LogP contribution in [0.2, 0.25) is 0 Å². The van der Waals surface area contributed by atoms with Crippen molar-refractivity contribution in [2.24, 2.45) is 5.92 Å². The quantitative estimate of drug-likeness (QED) is 0.816. The van der Waals surface area contributed by atoms with Gasteiger partial charge < -0.3 is 4.74 Å². The number of rotatable bonds is 4. The number of hydrogen-bond acceptors (Lipinski definition) is 2. The van der Waals surface area contributed by atoms with Gasteiger partial charge in [-0.25, -0.2) is 4.79 Å². The summed E-state index contributed by atoms with van der Waals surface area (Å²) in [5.41, 5.74) is 4.42. The lowest BCUT2D eigenvalue weighted by atomic mass is 9.95. The molecule has 0 saturated heterocycles. The van der Waals surface area contributed by atoms with Crippen LogP contribution >= 0.6 is 0 Å². The Morgan fingerprint density at radius 3 is 2.75 bits per heavy atom. The molecule has 3 heteroatoms. The van der Waals surface area contributed by atoms with E-state index < -0.39 is 6.09 Å². The zero-order chi connectivity index (χ0) is 14.5. The molecule has 0 radical (unpaired) electrons. The molecular formula is C17H21NO2. The Balaban J connectivity index is 1.90. The van der Waals surface area contributed by atoms with Crippen LogP contribution in [0, 0.1) is 5.92 Å². The lowest BCUT2D eigenvalue weighted by Gasteiger charge is -2.16. The smallest absolute Gasteiger partial charge is 0.411 e. The highest BCUT2D eigenvalue weighted by atomic mass is 16.5. The van der Waals surface area contributed by atoms with Gasteiger partial charge in [0.05, 0.1) is 0 Å². The molecule has 0 fully saturated rings. The molecular weight excluding hydrogens is 250 g/mol. The zero-order valence-electron chi connectivity index (χ0n) is 12.1. The van der Waals surface area contributed by atoms with Crippen molar-refractivity contribution >= 4 is 11.8 Å². The van der Waals surface area contributed by atoms with Gasteiger partial charge >= 0.3 is 6.09 Å². The molecule has 2 rings (SSSR count). The van der Waals surface area contributed by atoms with Gasteiger partial charge in [0.1, 0.15) is 6.61 Å². The van der Waals surface area contributed by atoms with Gasteiger partial charge in [-0.1, -0.05) is 35.9 Å². The van der Waals surface area contributed by atoms with Crippen LogP contribution in [0.4, 0.5) is 10.5 Å². The number of carbonyl (C=O) groups excluding carboxylic acids is 1. The molecule has 0 unspecified atom stereocenters. The number of amides is 1. The molecule has 1 N–H and O–H groups in total. The second-order valence-electron chi connectivity index (χ2n) is 5.31. The number of benzene rings is 1. The number of ether oxygens (including phenoxy) is 1. The molecule has 20 heavy (non-hydrogen) atoms. The Morgan fingerprint density at radius 1 is 1.40 bits per heavy atom. The Bertz CT molecular complexity index is 531. The summed E-state index contributed by atoms with van der Waals surface area (Å²) in [6.45, 7) is 8.52. The molecule has 0 saturated carbocycles. The number of carbonyl (C=O) groups is 1. The van der Waals surface area contributed by atoms with E-state index in [4.69, 9.17) is 4.74 Å². The fraction of sp³-hybridized carbons (Fsp3) is 0.353. The molecule has 0 spiro atoms. The van der Waals surface area contributed by atoms with Crippen LogP contribution in [-0.4, -0.2) is 12.7 Å². The molecule has 1 aromatic rings. The van der Waals surface area contributed by atoms with E-state index in [9.17, 15) is 4.79 Å². The molecule has 1 aromatic carbocycles. The summed E-state index contributed by atoms with van der Waals surface area (Å²) in [5.74, 6) is 0.361. The van der Waals surface area contributed by atoms with Crippen molar-refractivity contribution in [3.63, 3.8) is 0 Å². The maximum Gasteiger partial charge on any atom is 0.411 e. The maximum atomic E-state index is 11.8. The maximum absolute atomic E-state index is 11.8. The SMILES string of the molecule is C=C(C)[C@H]1CCC(C)=C1COC(=O)Nc1ccccc1. The van der Waals surface area contributed by atoms with Crippen LogP contribution in [-0.2, 0) is 4.74 Å². The minimum Gasteiger partial charge on any atom is -0.445 e. The highest BCUT2D eigenvalue weighted by molar-refractivity contribution is 5.84. The van der Waals surface area contributed by atoms with Gasteiger partial charge in [-0.05, 0) is 44.4 Å². The third kappa shape index (κ3) is 3.50. The van der Waals surface area contributed by atoms with Crippen molar-refractivity contribution in [1.29, 1.82) is 0 Å². The van der Waals surface area contributed by atoms with Gasteiger partial charge in [-0.3, -0.25) is 5.32 Å². The van der Waals surface area contributed by atoms with Crippen LogP contribution < -0.4 is 5.32 Å². The fourth-order valence-electron chi connectivity index (χ4n) is 2.58. The van der Waals surface area contributed by atoms with Gasteiger partial charge in [0.25, 0.3) is 0 Å². The van der Waals surface area contributed by atoms with Gasteiger partial charge in [-0.15, -0.1) is 0 Å². The first-order valence-corrected chi connectivity index (χ1v) is 6.90. The summed E-state index contributed by atoms with van der Waals surface area (Å²) in [7, 11) is 0. The van der Waals surface area contributed by atoms with E-state index in [0.29, 0.717) is 12.5 Å². The topological polar surface area (TPSA) is 38.3 Å². The summed E-state index contributed by atoms with van der Waals surface area (Å²) in [4.78, 5) is 11.8. The van der Waals surface area contributed by atoms with E-state index in [2.05, 4.69) is 18.8 Å². The van der Waals surface area contributed by atoms with Crippen LogP contribution in [0.25, 0.3) is 0 Å². The Hall–Kier alpha value is -2.03. The van der Waals surface area contributed by atoms with Crippen molar-refractivity contribution in [1.82, 2.24) is 0 Å². The number of anilines is 1. The Labute approximate surface area is 120 Å². The van der Waals surface area contributed by atoms with Gasteiger partial charge in [0.15, 0.2) is 0 Å². The number of allylic oxidation sites excluding steroid dienone is 2. The van der Waals surface area contributed by atoms with Crippen LogP contribution in [0.5, 0.6) is 0 Å². The first kappa shape index (κ1) is 14.4. The predicted octanol–water partition coefficient (Wildman–Crippen LogP) is 4.54. The zero-order valence-corrected chi connectivity index (χ0v) is 12.1. The largest absolute Gasteiger partial charge is 0.445 e. The summed E-state index contributed by atoms with van der Waals surface area (Å²) in [6, 6.07) is 9.31. The fourth-order valence-corrected chi connectivity index (χ4v) is 2.58. The van der Waals surface area contributed by atoms with Crippen LogP contribution in [0.15, 0.2) is 53.6 Å². The number of para-hydroxylation sites is 1. The average Bonchev–Trinajstić information content (AvgIpc) is 2.79. The summed E-state index contributed by atoms with van der Waals surface area (Å²) in [5, 5.41) is 2.72. The molecule has 0 aromatic heterocycles. The lowest BCUT2D eigenvalue weighted by Crippen LogP contribution is -2.17. The third-order valence-corrected chi connectivity index (χ3v) is 3.75. The van der Waals surface area contributed by atoms with Crippen molar-refractivity contribution in [2.75, 3.05) is 11.9 Å². The van der Waals surface area contributed by atoms with E-state index in [0.717, 1.165) is 24.1 Å². The molecule has 0 aliphatic heterocycles. The third-order valence-electron chi connectivity index (χ3n) is 3.75. The van der Waals surface area contributed by atoms with Crippen LogP contribution in [0.3, 0.4) is 0 Å². The minimum absolute atomic E-state index is 0.349. The molecule has 1 aliphatic rings. The van der Waals surface area contributed by atoms with Crippen molar-refractivity contribution in [3.8, 4) is 0 Å². The molecule has 1 amide bonds. The Kier molecular flexibility index (Phi) is 4.61. The highest BCUT2D eigenvalue weighted by Gasteiger charge is 2.24. The first-order valence-electron chi connectivity index (χ1n) is 6.90. The summed E-state index contributed by atoms with van der Waals surface area (Å²) < 4.78 is 5.33. The second-order valence-corrected chi connectivity index (χ2v) is 5.31. The minimum atomic E-state index is -0.413. The van der Waals surface area contributed by atoms with E-state index in [1.807, 2.05) is 37.3 Å². The van der Waals surface area contributed by atoms with Crippen LogP contribution in [0.1, 0.15) is 26.7 Å². The number of hydrogen-bond donors (Lipinski definition) is 1. The van der Waals surface area contributed by atoms with Gasteiger partial charge in [0, 0.05) is 11.6 Å². The lowest BCUT2D eigenvalue weighted by molar-refractivity contribution is 0.169. The predicted molar refractivity (Wildman–Crippen MR) is 81.7 cm³/mol. The van der Waals surface area contributed by atoms with Crippen molar-refractivity contribution < 1.29 is 9.53 Å². The molecule has 106 valence electrons. The first-order chi connectivity index (χ1) is 9.58. The molecule has 1 aliphatic carbocycles. The van der Waals surface area contributed by atoms with E-state index >= 15 is 0 Å². The van der Waals surface area contributed by atoms with E-state index in [1.54, 1.807) is 0 Å². The molecule has 3 nitrogen and oxygen atoms in total. The van der Waals surface area contributed by atoms with E-state index in [-0.39, 0.29) is 0 Å². The van der Waals surface area contributed by atoms with Gasteiger partial charge in [0.2, 0.25) is 0 Å².